The quantitative estimate of drug-likeness (QED) is 0.249. The molecular weight excluding hydrogens is 565 g/mol. The molecule has 0 radical (unpaired) electrons. The lowest BCUT2D eigenvalue weighted by Gasteiger charge is -2.29. The zero-order chi connectivity index (χ0) is 29.4. The number of nitrogens with zero attached hydrogens (tertiary/aromatic N) is 3. The summed E-state index contributed by atoms with van der Waals surface area (Å²) in [6, 6.07) is 14.3. The van der Waals surface area contributed by atoms with Gasteiger partial charge >= 0.3 is 0 Å². The van der Waals surface area contributed by atoms with Gasteiger partial charge in [0.15, 0.2) is 11.5 Å². The van der Waals surface area contributed by atoms with Crippen molar-refractivity contribution in [1.29, 1.82) is 0 Å². The molecule has 1 aromatic heterocycles. The Morgan fingerprint density at radius 3 is 2.32 bits per heavy atom. The highest BCUT2D eigenvalue weighted by molar-refractivity contribution is 6.42. The molecule has 2 heterocycles. The molecule has 0 spiro atoms. The molecule has 1 aliphatic heterocycles. The number of rotatable bonds is 13. The molecule has 0 unspecified atom stereocenters. The Kier molecular flexibility index (Phi) is 11.0. The molecule has 1 fully saturated rings. The van der Waals surface area contributed by atoms with Gasteiger partial charge in [0.1, 0.15) is 18.1 Å². The van der Waals surface area contributed by atoms with Crippen molar-refractivity contribution in [2.75, 3.05) is 53.5 Å². The predicted molar refractivity (Wildman–Crippen MR) is 160 cm³/mol. The fourth-order valence-corrected chi connectivity index (χ4v) is 5.24. The maximum absolute atomic E-state index is 13.8. The molecule has 0 N–H and O–H groups in total. The maximum Gasteiger partial charge on any atom is 0.254 e. The zero-order valence-corrected chi connectivity index (χ0v) is 25.3. The van der Waals surface area contributed by atoms with E-state index in [9.17, 15) is 9.59 Å². The molecule has 1 aliphatic rings. The molecule has 0 atom stereocenters. The third-order valence-electron chi connectivity index (χ3n) is 7.28. The van der Waals surface area contributed by atoms with Crippen LogP contribution in [0.5, 0.6) is 11.5 Å². The number of carbonyl (C=O) groups excluding carboxylic acids is 2. The average molecular weight is 603 g/mol. The predicted octanol–water partition coefficient (Wildman–Crippen LogP) is 5.72. The van der Waals surface area contributed by atoms with Crippen LogP contribution < -0.4 is 9.47 Å². The van der Waals surface area contributed by atoms with E-state index in [2.05, 4.69) is 4.90 Å². The van der Waals surface area contributed by atoms with Crippen LogP contribution >= 0.6 is 23.2 Å². The van der Waals surface area contributed by atoms with E-state index in [1.54, 1.807) is 42.2 Å². The lowest BCUT2D eigenvalue weighted by Crippen LogP contribution is -2.45. The topological polar surface area (TPSA) is 75.5 Å². The van der Waals surface area contributed by atoms with E-state index in [4.69, 9.17) is 37.1 Å². The number of ether oxygens (including phenoxy) is 2. The Balaban J connectivity index is 1.53. The van der Waals surface area contributed by atoms with E-state index in [-0.39, 0.29) is 18.4 Å². The van der Waals surface area contributed by atoms with E-state index in [1.165, 1.54) is 0 Å². The van der Waals surface area contributed by atoms with Crippen LogP contribution in [0.1, 0.15) is 40.3 Å². The summed E-state index contributed by atoms with van der Waals surface area (Å²) in [5.41, 5.74) is 1.39. The molecule has 0 bridgehead atoms. The van der Waals surface area contributed by atoms with Gasteiger partial charge in [0.25, 0.3) is 5.91 Å². The van der Waals surface area contributed by atoms with Crippen molar-refractivity contribution in [3.05, 3.63) is 81.2 Å². The van der Waals surface area contributed by atoms with Gasteiger partial charge in [-0.3, -0.25) is 9.59 Å². The van der Waals surface area contributed by atoms with Crippen LogP contribution in [-0.4, -0.2) is 80.0 Å². The monoisotopic (exact) mass is 601 g/mol. The lowest BCUT2D eigenvalue weighted by atomic mass is 10.1. The minimum absolute atomic E-state index is 0.0709. The highest BCUT2D eigenvalue weighted by Crippen LogP contribution is 2.28. The number of benzene rings is 2. The minimum atomic E-state index is -0.259. The van der Waals surface area contributed by atoms with Crippen molar-refractivity contribution in [3.8, 4) is 11.5 Å². The second-order valence-corrected chi connectivity index (χ2v) is 11.0. The number of halogens is 2. The first-order chi connectivity index (χ1) is 19.8. The molecule has 0 saturated carbocycles. The summed E-state index contributed by atoms with van der Waals surface area (Å²) < 4.78 is 16.6. The smallest absolute Gasteiger partial charge is 0.254 e. The number of hydrogen-bond acceptors (Lipinski definition) is 6. The first-order valence-corrected chi connectivity index (χ1v) is 14.5. The number of amides is 2. The maximum atomic E-state index is 13.8. The third kappa shape index (κ3) is 8.41. The Hall–Kier alpha value is -3.20. The van der Waals surface area contributed by atoms with Crippen LogP contribution in [0.3, 0.4) is 0 Å². The van der Waals surface area contributed by atoms with Crippen LogP contribution in [0, 0.1) is 6.92 Å². The molecule has 3 aromatic rings. The van der Waals surface area contributed by atoms with Crippen molar-refractivity contribution in [2.45, 2.75) is 32.7 Å². The van der Waals surface area contributed by atoms with Gasteiger partial charge in [0.2, 0.25) is 5.91 Å². The standard InChI is InChI=1S/C31H37Cl2N3O5/c1-22-6-9-25(41-22)20-35(15-12-23-7-11-28(39-2)29(18-23)40-3)30(37)21-36(17-16-34-13-4-5-14-34)31(38)24-8-10-26(32)27(33)19-24/h6-11,18-19H,4-5,12-17,20-21H2,1-3H3. The summed E-state index contributed by atoms with van der Waals surface area (Å²) in [5.74, 6) is 2.30. The summed E-state index contributed by atoms with van der Waals surface area (Å²) in [6.45, 7) is 5.64. The van der Waals surface area contributed by atoms with Crippen LogP contribution in [0.4, 0.5) is 0 Å². The third-order valence-corrected chi connectivity index (χ3v) is 8.02. The SMILES string of the molecule is COc1ccc(CCN(Cc2ccc(C)o2)C(=O)CN(CCN2CCCC2)C(=O)c2ccc(Cl)c(Cl)c2)cc1OC. The van der Waals surface area contributed by atoms with Crippen molar-refractivity contribution in [2.24, 2.45) is 0 Å². The highest BCUT2D eigenvalue weighted by atomic mass is 35.5. The second-order valence-electron chi connectivity index (χ2n) is 10.2. The summed E-state index contributed by atoms with van der Waals surface area (Å²) in [4.78, 5) is 33.1. The Morgan fingerprint density at radius 2 is 1.66 bits per heavy atom. The lowest BCUT2D eigenvalue weighted by molar-refractivity contribution is -0.132. The molecule has 220 valence electrons. The molecule has 0 aliphatic carbocycles. The van der Waals surface area contributed by atoms with Gasteiger partial charge < -0.3 is 28.6 Å². The Labute approximate surface area is 251 Å². The van der Waals surface area contributed by atoms with Crippen molar-refractivity contribution in [1.82, 2.24) is 14.7 Å². The van der Waals surface area contributed by atoms with Gasteiger partial charge in [-0.25, -0.2) is 0 Å². The number of carbonyl (C=O) groups is 2. The van der Waals surface area contributed by atoms with E-state index in [0.717, 1.165) is 37.3 Å². The summed E-state index contributed by atoms with van der Waals surface area (Å²) in [6.07, 6.45) is 2.87. The molecule has 1 saturated heterocycles. The van der Waals surface area contributed by atoms with Crippen molar-refractivity contribution in [3.63, 3.8) is 0 Å². The molecule has 2 amide bonds. The average Bonchev–Trinajstić information content (AvgIpc) is 3.65. The van der Waals surface area contributed by atoms with Crippen molar-refractivity contribution >= 4 is 35.0 Å². The van der Waals surface area contributed by atoms with Gasteiger partial charge in [0.05, 0.1) is 30.8 Å². The van der Waals surface area contributed by atoms with Gasteiger partial charge in [0, 0.05) is 25.2 Å². The Morgan fingerprint density at radius 1 is 0.902 bits per heavy atom. The Bertz CT molecular complexity index is 1340. The zero-order valence-electron chi connectivity index (χ0n) is 23.8. The number of hydrogen-bond donors (Lipinski definition) is 0. The molecule has 2 aromatic carbocycles. The first kappa shape index (κ1) is 30.8. The van der Waals surface area contributed by atoms with Crippen LogP contribution in [-0.2, 0) is 17.8 Å². The second kappa shape index (κ2) is 14.6. The molecule has 8 nitrogen and oxygen atoms in total. The molecular formula is C31H37Cl2N3O5. The van der Waals surface area contributed by atoms with Crippen LogP contribution in [0.25, 0.3) is 0 Å². The fraction of sp³-hybridized carbons (Fsp3) is 0.419. The molecule has 41 heavy (non-hydrogen) atoms. The van der Waals surface area contributed by atoms with E-state index in [0.29, 0.717) is 65.5 Å². The van der Waals surface area contributed by atoms with Gasteiger partial charge in [-0.1, -0.05) is 29.3 Å². The van der Waals surface area contributed by atoms with Gasteiger partial charge in [-0.15, -0.1) is 0 Å². The number of furan rings is 1. The summed E-state index contributed by atoms with van der Waals surface area (Å²) in [7, 11) is 3.19. The number of likely N-dealkylation sites (tertiary alicyclic amines) is 1. The highest BCUT2D eigenvalue weighted by Gasteiger charge is 2.25. The van der Waals surface area contributed by atoms with E-state index in [1.807, 2.05) is 37.3 Å². The summed E-state index contributed by atoms with van der Waals surface area (Å²) in [5, 5.41) is 0.672. The van der Waals surface area contributed by atoms with E-state index < -0.39 is 0 Å². The first-order valence-electron chi connectivity index (χ1n) is 13.8. The molecule has 10 heteroatoms. The largest absolute Gasteiger partial charge is 0.493 e. The fourth-order valence-electron chi connectivity index (χ4n) is 4.95. The minimum Gasteiger partial charge on any atom is -0.493 e. The summed E-state index contributed by atoms with van der Waals surface area (Å²) >= 11 is 12.3. The van der Waals surface area contributed by atoms with E-state index >= 15 is 0 Å². The van der Waals surface area contributed by atoms with Gasteiger partial charge in [-0.2, -0.15) is 0 Å². The number of methoxy groups -OCH3 is 2. The van der Waals surface area contributed by atoms with Crippen LogP contribution in [0.15, 0.2) is 52.9 Å². The number of aryl methyl sites for hydroxylation is 1. The normalized spacial score (nSPS) is 13.3. The molecule has 4 rings (SSSR count). The van der Waals surface area contributed by atoms with Crippen LogP contribution in [0.2, 0.25) is 10.0 Å². The van der Waals surface area contributed by atoms with Crippen molar-refractivity contribution < 1.29 is 23.5 Å². The van der Waals surface area contributed by atoms with Gasteiger partial charge in [-0.05, 0) is 87.3 Å².